The van der Waals surface area contributed by atoms with Crippen LogP contribution in [0.1, 0.15) is 26.2 Å². The number of likely N-dealkylation sites (tertiary alicyclic amines) is 1. The molecule has 0 spiro atoms. The van der Waals surface area contributed by atoms with Crippen molar-refractivity contribution in [3.63, 3.8) is 0 Å². The molecule has 1 saturated heterocycles. The maximum absolute atomic E-state index is 12.1. The lowest BCUT2D eigenvalue weighted by atomic mass is 9.89. The molecule has 0 aromatic heterocycles. The summed E-state index contributed by atoms with van der Waals surface area (Å²) in [6.45, 7) is 2.55. The highest BCUT2D eigenvalue weighted by Crippen LogP contribution is 2.28. The van der Waals surface area contributed by atoms with Crippen molar-refractivity contribution in [2.24, 2.45) is 0 Å². The number of amides is 4. The number of carbonyl (C=O) groups excluding carboxylic acids is 2. The first-order valence-corrected chi connectivity index (χ1v) is 7.03. The number of carboxylic acids is 1. The average molecular weight is 300 g/mol. The third-order valence-corrected chi connectivity index (χ3v) is 3.68. The second-order valence-electron chi connectivity index (χ2n) is 5.55. The summed E-state index contributed by atoms with van der Waals surface area (Å²) in [5.41, 5.74) is -1.16. The molecule has 3 N–H and O–H groups in total. The summed E-state index contributed by atoms with van der Waals surface area (Å²) in [4.78, 5) is 37.6. The van der Waals surface area contributed by atoms with Crippen LogP contribution in [0.15, 0.2) is 0 Å². The Bertz CT molecular complexity index is 413. The number of nitrogens with one attached hydrogen (secondary N) is 2. The van der Waals surface area contributed by atoms with E-state index in [-0.39, 0.29) is 12.6 Å². The molecule has 1 unspecified atom stereocenters. The lowest BCUT2D eigenvalue weighted by Gasteiger charge is -2.41. The molecule has 120 valence electrons. The highest BCUT2D eigenvalue weighted by atomic mass is 16.4. The van der Waals surface area contributed by atoms with Gasteiger partial charge in [-0.05, 0) is 26.2 Å². The minimum absolute atomic E-state index is 0.238. The summed E-state index contributed by atoms with van der Waals surface area (Å²) in [6, 6.07) is -0.642. The number of piperidine rings is 1. The van der Waals surface area contributed by atoms with Gasteiger partial charge in [0.1, 0.15) is 5.54 Å². The van der Waals surface area contributed by atoms with Crippen LogP contribution in [0, 0.1) is 0 Å². The first-order valence-electron chi connectivity index (χ1n) is 7.03. The third-order valence-electron chi connectivity index (χ3n) is 3.68. The van der Waals surface area contributed by atoms with Crippen LogP contribution in [0.4, 0.5) is 9.59 Å². The molecule has 1 fully saturated rings. The van der Waals surface area contributed by atoms with E-state index >= 15 is 0 Å². The molecule has 1 atom stereocenters. The van der Waals surface area contributed by atoms with Gasteiger partial charge in [0.15, 0.2) is 0 Å². The van der Waals surface area contributed by atoms with E-state index in [9.17, 15) is 19.5 Å². The van der Waals surface area contributed by atoms with Crippen molar-refractivity contribution in [2.45, 2.75) is 31.7 Å². The minimum Gasteiger partial charge on any atom is -0.480 e. The number of hydrogen-bond donors (Lipinski definition) is 3. The summed E-state index contributed by atoms with van der Waals surface area (Å²) in [7, 11) is 3.25. The second-order valence-corrected chi connectivity index (χ2v) is 5.55. The first kappa shape index (κ1) is 17.1. The van der Waals surface area contributed by atoms with Crippen molar-refractivity contribution < 1.29 is 19.5 Å². The van der Waals surface area contributed by atoms with Crippen molar-refractivity contribution in [1.82, 2.24) is 20.4 Å². The van der Waals surface area contributed by atoms with Crippen molar-refractivity contribution in [3.05, 3.63) is 0 Å². The second kappa shape index (κ2) is 7.14. The predicted molar refractivity (Wildman–Crippen MR) is 77.1 cm³/mol. The fraction of sp³-hybridized carbons (Fsp3) is 0.769. The molecule has 0 radical (unpaired) electrons. The Morgan fingerprint density at radius 1 is 1.19 bits per heavy atom. The molecule has 1 heterocycles. The van der Waals surface area contributed by atoms with Gasteiger partial charge in [0, 0.05) is 33.7 Å². The van der Waals surface area contributed by atoms with E-state index in [1.165, 1.54) is 9.80 Å². The highest BCUT2D eigenvalue weighted by Gasteiger charge is 2.43. The molecule has 0 saturated carbocycles. The summed E-state index contributed by atoms with van der Waals surface area (Å²) in [5, 5.41) is 14.6. The number of aliphatic carboxylic acids is 1. The molecular weight excluding hydrogens is 276 g/mol. The van der Waals surface area contributed by atoms with Gasteiger partial charge in [0.05, 0.1) is 0 Å². The Hall–Kier alpha value is -1.99. The number of carboxylic acid groups (broad SMARTS) is 1. The third kappa shape index (κ3) is 4.24. The summed E-state index contributed by atoms with van der Waals surface area (Å²) >= 11 is 0. The normalized spacial score (nSPS) is 21.6. The Labute approximate surface area is 124 Å². The maximum Gasteiger partial charge on any atom is 0.329 e. The van der Waals surface area contributed by atoms with E-state index in [0.717, 1.165) is 12.8 Å². The van der Waals surface area contributed by atoms with E-state index < -0.39 is 17.5 Å². The number of carbonyl (C=O) groups is 3. The molecule has 1 rings (SSSR count). The Morgan fingerprint density at radius 3 is 2.38 bits per heavy atom. The van der Waals surface area contributed by atoms with Crippen LogP contribution < -0.4 is 10.6 Å². The van der Waals surface area contributed by atoms with Crippen molar-refractivity contribution in [3.8, 4) is 0 Å². The van der Waals surface area contributed by atoms with Gasteiger partial charge in [-0.2, -0.15) is 0 Å². The van der Waals surface area contributed by atoms with Gasteiger partial charge in [-0.3, -0.25) is 0 Å². The zero-order valence-corrected chi connectivity index (χ0v) is 12.8. The molecule has 1 aliphatic rings. The predicted octanol–water partition coefficient (Wildman–Crippen LogP) is 0.296. The van der Waals surface area contributed by atoms with Crippen molar-refractivity contribution in [2.75, 3.05) is 33.7 Å². The number of urea groups is 2. The Kier molecular flexibility index (Phi) is 5.80. The van der Waals surface area contributed by atoms with Gasteiger partial charge < -0.3 is 25.5 Å². The van der Waals surface area contributed by atoms with Crippen molar-refractivity contribution in [1.29, 1.82) is 0 Å². The van der Waals surface area contributed by atoms with Crippen molar-refractivity contribution >= 4 is 18.0 Å². The standard InChI is InChI=1S/C13H24N4O4/c1-13(10(18)19)6-4-5-9-17(13)12(21)15-8-7-14-11(20)16(2)3/h4-9H2,1-3H3,(H,14,20)(H,15,21)(H,18,19). The van der Waals surface area contributed by atoms with Gasteiger partial charge in [-0.25, -0.2) is 14.4 Å². The van der Waals surface area contributed by atoms with Crippen LogP contribution in [0.25, 0.3) is 0 Å². The van der Waals surface area contributed by atoms with Crippen LogP contribution in [-0.4, -0.2) is 72.2 Å². The number of rotatable bonds is 4. The molecule has 0 aliphatic carbocycles. The van der Waals surface area contributed by atoms with E-state index in [0.29, 0.717) is 19.5 Å². The van der Waals surface area contributed by atoms with Crippen LogP contribution in [0.2, 0.25) is 0 Å². The van der Waals surface area contributed by atoms with Crippen LogP contribution in [0.3, 0.4) is 0 Å². The highest BCUT2D eigenvalue weighted by molar-refractivity contribution is 5.86. The van der Waals surface area contributed by atoms with Gasteiger partial charge in [0.25, 0.3) is 0 Å². The molecule has 0 aromatic carbocycles. The Balaban J connectivity index is 2.47. The molecule has 1 aliphatic heterocycles. The van der Waals surface area contributed by atoms with E-state index in [1.807, 2.05) is 0 Å². The molecule has 8 nitrogen and oxygen atoms in total. The molecule has 0 aromatic rings. The SMILES string of the molecule is CN(C)C(=O)NCCNC(=O)N1CCCCC1(C)C(=O)O. The topological polar surface area (TPSA) is 102 Å². The zero-order chi connectivity index (χ0) is 16.0. The number of nitrogens with zero attached hydrogens (tertiary/aromatic N) is 2. The number of hydrogen-bond acceptors (Lipinski definition) is 3. The zero-order valence-electron chi connectivity index (χ0n) is 12.8. The largest absolute Gasteiger partial charge is 0.480 e. The van der Waals surface area contributed by atoms with Gasteiger partial charge >= 0.3 is 18.0 Å². The smallest absolute Gasteiger partial charge is 0.329 e. The summed E-state index contributed by atoms with van der Waals surface area (Å²) < 4.78 is 0. The first-order chi connectivity index (χ1) is 9.79. The van der Waals surface area contributed by atoms with Crippen LogP contribution in [-0.2, 0) is 4.79 Å². The minimum atomic E-state index is -1.16. The lowest BCUT2D eigenvalue weighted by molar-refractivity contribution is -0.150. The van der Waals surface area contributed by atoms with Gasteiger partial charge in [-0.15, -0.1) is 0 Å². The Morgan fingerprint density at radius 2 is 1.81 bits per heavy atom. The lowest BCUT2D eigenvalue weighted by Crippen LogP contribution is -2.60. The van der Waals surface area contributed by atoms with Gasteiger partial charge in [0.2, 0.25) is 0 Å². The van der Waals surface area contributed by atoms with E-state index in [4.69, 9.17) is 0 Å². The fourth-order valence-corrected chi connectivity index (χ4v) is 2.26. The maximum atomic E-state index is 12.1. The fourth-order valence-electron chi connectivity index (χ4n) is 2.26. The summed E-state index contributed by atoms with van der Waals surface area (Å²) in [6.07, 6.45) is 2.05. The van der Waals surface area contributed by atoms with Crippen LogP contribution in [0.5, 0.6) is 0 Å². The van der Waals surface area contributed by atoms with Gasteiger partial charge in [-0.1, -0.05) is 0 Å². The van der Waals surface area contributed by atoms with E-state index in [2.05, 4.69) is 10.6 Å². The molecular formula is C13H24N4O4. The molecule has 8 heteroatoms. The molecule has 4 amide bonds. The average Bonchev–Trinajstić information content (AvgIpc) is 2.43. The molecule has 0 bridgehead atoms. The summed E-state index contributed by atoms with van der Waals surface area (Å²) in [5.74, 6) is -0.988. The quantitative estimate of drug-likeness (QED) is 0.650. The monoisotopic (exact) mass is 300 g/mol. The van der Waals surface area contributed by atoms with E-state index in [1.54, 1.807) is 21.0 Å². The van der Waals surface area contributed by atoms with Crippen LogP contribution >= 0.6 is 0 Å². The molecule has 21 heavy (non-hydrogen) atoms.